The van der Waals surface area contributed by atoms with Gasteiger partial charge in [0.05, 0.1) is 0 Å². The Balaban J connectivity index is 2.08. The second kappa shape index (κ2) is 7.15. The Morgan fingerprint density at radius 1 is 1.00 bits per heavy atom. The van der Waals surface area contributed by atoms with E-state index in [1.165, 1.54) is 12.1 Å². The first-order chi connectivity index (χ1) is 11.1. The Morgan fingerprint density at radius 2 is 1.62 bits per heavy atom. The lowest BCUT2D eigenvalue weighted by Crippen LogP contribution is -2.36. The zero-order valence-corrected chi connectivity index (χ0v) is 18.3. The topological polar surface area (TPSA) is 43.6 Å². The minimum atomic E-state index is -2.99. The van der Waals surface area contributed by atoms with Crippen molar-refractivity contribution < 1.29 is 4.39 Å². The van der Waals surface area contributed by atoms with Crippen LogP contribution in [0.3, 0.4) is 0 Å². The van der Waals surface area contributed by atoms with Gasteiger partial charge in [-0.3, -0.25) is 0 Å². The highest BCUT2D eigenvalue weighted by Gasteiger charge is 2.42. The number of hydrogen-bond acceptors (Lipinski definition) is 5. The molecule has 2 aliphatic rings. The number of benzene rings is 1. The first-order valence-corrected chi connectivity index (χ1v) is 15.6. The standard InChI is InChI=1S/C11H15Cl4FN5P3/c1-20-7-2-8-21(9-10-3-5-11(16)6-4-10)24(20)18-22(12,13)17-23(14,15)19-24/h3-6H,2,7-9H2,1H3. The van der Waals surface area contributed by atoms with Crippen LogP contribution in [0.25, 0.3) is 0 Å². The zero-order valence-electron chi connectivity index (χ0n) is 12.6. The van der Waals surface area contributed by atoms with Crippen LogP contribution in [0.1, 0.15) is 12.0 Å². The summed E-state index contributed by atoms with van der Waals surface area (Å²) in [6, 6.07) is 6.34. The minimum Gasteiger partial charge on any atom is -0.243 e. The van der Waals surface area contributed by atoms with Gasteiger partial charge in [-0.1, -0.05) is 12.1 Å². The molecule has 0 saturated carbocycles. The number of hydrogen-bond donors (Lipinski definition) is 0. The zero-order chi connectivity index (χ0) is 17.6. The molecule has 5 nitrogen and oxygen atoms in total. The lowest BCUT2D eigenvalue weighted by molar-refractivity contribution is 0.334. The molecule has 3 rings (SSSR count). The van der Waals surface area contributed by atoms with Crippen LogP contribution in [0, 0.1) is 5.82 Å². The van der Waals surface area contributed by atoms with E-state index in [0.717, 1.165) is 25.1 Å². The summed E-state index contributed by atoms with van der Waals surface area (Å²) >= 11 is 25.2. The first-order valence-electron chi connectivity index (χ1n) is 7.04. The van der Waals surface area contributed by atoms with E-state index in [0.29, 0.717) is 6.54 Å². The van der Waals surface area contributed by atoms with Crippen molar-refractivity contribution in [1.29, 1.82) is 0 Å². The second-order valence-corrected chi connectivity index (χ2v) is 18.5. The average Bonchev–Trinajstić information content (AvgIpc) is 2.43. The van der Waals surface area contributed by atoms with Gasteiger partial charge in [0.1, 0.15) is 5.82 Å². The van der Waals surface area contributed by atoms with Crippen molar-refractivity contribution in [2.45, 2.75) is 13.0 Å². The van der Waals surface area contributed by atoms with E-state index < -0.39 is 19.3 Å². The summed E-state index contributed by atoms with van der Waals surface area (Å²) in [6.07, 6.45) is 0.938. The lowest BCUT2D eigenvalue weighted by Gasteiger charge is -2.44. The summed E-state index contributed by atoms with van der Waals surface area (Å²) in [7, 11) is -0.685. The molecule has 2 heterocycles. The van der Waals surface area contributed by atoms with Gasteiger partial charge in [0.2, 0.25) is 7.51 Å². The Bertz CT molecular complexity index is 795. The molecule has 1 fully saturated rings. The summed E-state index contributed by atoms with van der Waals surface area (Å²) in [5, 5.41) is 0. The molecule has 0 N–H and O–H groups in total. The first kappa shape index (κ1) is 19.7. The molecule has 0 bridgehead atoms. The third-order valence-corrected chi connectivity index (χ3v) is 16.1. The molecule has 1 aromatic rings. The molecule has 24 heavy (non-hydrogen) atoms. The molecule has 0 radical (unpaired) electrons. The molecule has 13 heteroatoms. The Morgan fingerprint density at radius 3 is 2.25 bits per heavy atom. The highest BCUT2D eigenvalue weighted by Crippen LogP contribution is 2.86. The number of rotatable bonds is 2. The van der Waals surface area contributed by atoms with Gasteiger partial charge < -0.3 is 0 Å². The molecular weight excluding hydrogens is 456 g/mol. The van der Waals surface area contributed by atoms with E-state index in [4.69, 9.17) is 45.0 Å². The van der Waals surface area contributed by atoms with Gasteiger partial charge in [-0.15, -0.1) is 0 Å². The molecule has 134 valence electrons. The monoisotopic (exact) mass is 469 g/mol. The van der Waals surface area contributed by atoms with Crippen LogP contribution in [0.2, 0.25) is 0 Å². The SMILES string of the molecule is CN1CCCN(Cc2ccc(F)cc2)P12=NP(Cl)(Cl)=NP(Cl)(Cl)=N2. The van der Waals surface area contributed by atoms with E-state index in [-0.39, 0.29) is 5.82 Å². The van der Waals surface area contributed by atoms with Crippen molar-refractivity contribution in [1.82, 2.24) is 9.34 Å². The highest BCUT2D eigenvalue weighted by atomic mass is 35.9. The maximum atomic E-state index is 13.2. The smallest absolute Gasteiger partial charge is 0.243 e. The van der Waals surface area contributed by atoms with Crippen LogP contribution in [-0.2, 0) is 6.54 Å². The van der Waals surface area contributed by atoms with Crippen molar-refractivity contribution in [2.75, 3.05) is 20.1 Å². The van der Waals surface area contributed by atoms with Crippen LogP contribution in [-0.4, -0.2) is 29.5 Å². The molecule has 0 aromatic heterocycles. The Kier molecular flexibility index (Phi) is 5.86. The Labute approximate surface area is 160 Å². The van der Waals surface area contributed by atoms with Crippen molar-refractivity contribution in [3.63, 3.8) is 0 Å². The van der Waals surface area contributed by atoms with E-state index in [1.807, 2.05) is 11.7 Å². The van der Waals surface area contributed by atoms with Crippen molar-refractivity contribution in [3.8, 4) is 0 Å². The predicted octanol–water partition coefficient (Wildman–Crippen LogP) is 7.77. The van der Waals surface area contributed by atoms with E-state index >= 15 is 0 Å². The van der Waals surface area contributed by atoms with Crippen LogP contribution < -0.4 is 0 Å². The van der Waals surface area contributed by atoms with E-state index in [2.05, 4.69) is 18.2 Å². The predicted molar refractivity (Wildman–Crippen MR) is 106 cm³/mol. The molecule has 1 spiro atoms. The van der Waals surface area contributed by atoms with Gasteiger partial charge in [0, 0.05) is 19.6 Å². The molecule has 1 unspecified atom stereocenters. The molecule has 0 aliphatic carbocycles. The van der Waals surface area contributed by atoms with Gasteiger partial charge in [-0.25, -0.2) is 13.7 Å². The fourth-order valence-corrected chi connectivity index (χ4v) is 19.0. The third-order valence-electron chi connectivity index (χ3n) is 3.68. The summed E-state index contributed by atoms with van der Waals surface area (Å²) in [4.78, 5) is 0. The fraction of sp³-hybridized carbons (Fsp3) is 0.455. The molecular formula is C11H15Cl4FN5P3. The lowest BCUT2D eigenvalue weighted by atomic mass is 10.2. The summed E-state index contributed by atoms with van der Waals surface area (Å²) in [6.45, 7) is 2.08. The van der Waals surface area contributed by atoms with E-state index in [9.17, 15) is 4.39 Å². The molecule has 0 amide bonds. The number of nitrogens with zero attached hydrogens (tertiary/aromatic N) is 5. The van der Waals surface area contributed by atoms with Crippen LogP contribution in [0.5, 0.6) is 0 Å². The van der Waals surface area contributed by atoms with E-state index in [1.54, 1.807) is 12.1 Å². The van der Waals surface area contributed by atoms with Crippen molar-refractivity contribution >= 4 is 64.3 Å². The summed E-state index contributed by atoms with van der Waals surface area (Å²) < 4.78 is 30.6. The van der Waals surface area contributed by atoms with Gasteiger partial charge in [0.15, 0.2) is 0 Å². The maximum Gasteiger partial charge on any atom is 0.257 e. The third kappa shape index (κ3) is 4.25. The van der Waals surface area contributed by atoms with Gasteiger partial charge in [0.25, 0.3) is 11.8 Å². The van der Waals surface area contributed by atoms with Gasteiger partial charge in [-0.2, -0.15) is 13.5 Å². The largest absolute Gasteiger partial charge is 0.257 e. The molecule has 1 atom stereocenters. The van der Waals surface area contributed by atoms with Crippen molar-refractivity contribution in [3.05, 3.63) is 35.6 Å². The van der Waals surface area contributed by atoms with Crippen LogP contribution in [0.15, 0.2) is 37.8 Å². The minimum absolute atomic E-state index is 0.275. The normalized spacial score (nSPS) is 29.6. The number of halogens is 5. The molecule has 2 aliphatic heterocycles. The average molecular weight is 471 g/mol. The second-order valence-electron chi connectivity index (χ2n) is 5.47. The fourth-order valence-electron chi connectivity index (χ4n) is 2.66. The van der Waals surface area contributed by atoms with Gasteiger partial charge >= 0.3 is 0 Å². The summed E-state index contributed by atoms with van der Waals surface area (Å²) in [5.74, 6) is -6.25. The summed E-state index contributed by atoms with van der Waals surface area (Å²) in [5.41, 5.74) is 0.945. The van der Waals surface area contributed by atoms with Crippen LogP contribution >= 0.6 is 64.3 Å². The highest BCUT2D eigenvalue weighted by molar-refractivity contribution is 8.20. The Hall–Kier alpha value is 0.920. The molecule has 1 saturated heterocycles. The molecule has 1 aromatic carbocycles. The van der Waals surface area contributed by atoms with Crippen molar-refractivity contribution in [2.24, 2.45) is 13.5 Å². The quantitative estimate of drug-likeness (QED) is 0.414. The maximum absolute atomic E-state index is 13.2. The van der Waals surface area contributed by atoms with Crippen LogP contribution in [0.4, 0.5) is 4.39 Å². The van der Waals surface area contributed by atoms with Gasteiger partial charge in [-0.05, 0) is 76.1 Å².